The van der Waals surface area contributed by atoms with Gasteiger partial charge in [-0.15, -0.1) is 0 Å². The number of fused-ring (bicyclic) bond motifs is 1. The first-order valence-electron chi connectivity index (χ1n) is 10.7. The third-order valence-electron chi connectivity index (χ3n) is 5.48. The van der Waals surface area contributed by atoms with E-state index in [2.05, 4.69) is 36.1 Å². The molecule has 160 valence electrons. The van der Waals surface area contributed by atoms with Crippen molar-refractivity contribution in [2.24, 2.45) is 0 Å². The molecular weight excluding hydrogens is 376 g/mol. The molecule has 1 aromatic heterocycles. The van der Waals surface area contributed by atoms with Crippen LogP contribution < -0.4 is 10.6 Å². The number of hydrogen-bond acceptors (Lipinski definition) is 3. The fraction of sp³-hybridized carbons (Fsp3) is 0.417. The second-order valence-electron chi connectivity index (χ2n) is 7.79. The number of carbonyl (C=O) groups excluding carboxylic acids is 1. The Morgan fingerprint density at radius 1 is 0.900 bits per heavy atom. The highest BCUT2D eigenvalue weighted by Crippen LogP contribution is 2.16. The second-order valence-corrected chi connectivity index (χ2v) is 7.79. The monoisotopic (exact) mass is 408 g/mol. The minimum Gasteiger partial charge on any atom is -0.378 e. The molecule has 0 N–H and O–H groups in total. The van der Waals surface area contributed by atoms with Crippen LogP contribution in [0.15, 0.2) is 53.3 Å². The van der Waals surface area contributed by atoms with Crippen LogP contribution in [-0.2, 0) is 24.4 Å². The summed E-state index contributed by atoms with van der Waals surface area (Å²) in [5, 5.41) is 0. The van der Waals surface area contributed by atoms with Crippen molar-refractivity contribution in [3.63, 3.8) is 0 Å². The summed E-state index contributed by atoms with van der Waals surface area (Å²) in [5.74, 6) is 0.0633. The van der Waals surface area contributed by atoms with Crippen molar-refractivity contribution in [3.05, 3.63) is 64.6 Å². The number of carbonyl (C=O) groups is 1. The van der Waals surface area contributed by atoms with Crippen LogP contribution in [0.4, 0.5) is 5.69 Å². The molecule has 0 saturated carbocycles. The van der Waals surface area contributed by atoms with E-state index in [4.69, 9.17) is 0 Å². The van der Waals surface area contributed by atoms with Crippen molar-refractivity contribution in [3.8, 4) is 0 Å². The molecule has 0 radical (unpaired) electrons. The van der Waals surface area contributed by atoms with E-state index in [1.165, 1.54) is 0 Å². The largest absolute Gasteiger partial charge is 0.378 e. The molecule has 1 amide bonds. The maximum absolute atomic E-state index is 12.9. The van der Waals surface area contributed by atoms with Crippen LogP contribution in [0.3, 0.4) is 0 Å². The zero-order valence-electron chi connectivity index (χ0n) is 18.5. The molecule has 6 nitrogen and oxygen atoms in total. The lowest BCUT2D eigenvalue weighted by Gasteiger charge is -2.22. The van der Waals surface area contributed by atoms with Crippen molar-refractivity contribution in [2.75, 3.05) is 25.5 Å². The van der Waals surface area contributed by atoms with Gasteiger partial charge in [-0.25, -0.2) is 4.79 Å². The van der Waals surface area contributed by atoms with E-state index in [1.54, 1.807) is 4.57 Å². The SMILES string of the molecule is CCCn1c(=O)n(CCC(=O)N(CC)Cc2ccc(N(C)C)cc2)c2ccccc21. The van der Waals surface area contributed by atoms with E-state index in [-0.39, 0.29) is 11.6 Å². The normalized spacial score (nSPS) is 11.1. The number of amides is 1. The van der Waals surface area contributed by atoms with Gasteiger partial charge in [0.25, 0.3) is 0 Å². The lowest BCUT2D eigenvalue weighted by Crippen LogP contribution is -2.32. The molecule has 0 bridgehead atoms. The molecule has 0 atom stereocenters. The van der Waals surface area contributed by atoms with Gasteiger partial charge in [-0.1, -0.05) is 31.2 Å². The molecule has 0 unspecified atom stereocenters. The third kappa shape index (κ3) is 4.58. The summed E-state index contributed by atoms with van der Waals surface area (Å²) in [6.07, 6.45) is 1.20. The van der Waals surface area contributed by atoms with Gasteiger partial charge in [0.15, 0.2) is 0 Å². The van der Waals surface area contributed by atoms with Crippen LogP contribution in [0, 0.1) is 0 Å². The number of para-hydroxylation sites is 2. The quantitative estimate of drug-likeness (QED) is 0.542. The summed E-state index contributed by atoms with van der Waals surface area (Å²) in [6.45, 7) is 6.35. The molecule has 3 aromatic rings. The predicted molar refractivity (Wildman–Crippen MR) is 123 cm³/mol. The van der Waals surface area contributed by atoms with E-state index in [0.29, 0.717) is 32.6 Å². The van der Waals surface area contributed by atoms with Crippen LogP contribution in [0.5, 0.6) is 0 Å². The molecular formula is C24H32N4O2. The number of hydrogen-bond donors (Lipinski definition) is 0. The number of nitrogens with zero attached hydrogens (tertiary/aromatic N) is 4. The molecule has 0 aliphatic rings. The van der Waals surface area contributed by atoms with Crippen molar-refractivity contribution in [1.29, 1.82) is 0 Å². The van der Waals surface area contributed by atoms with Crippen molar-refractivity contribution in [2.45, 2.75) is 46.3 Å². The molecule has 2 aromatic carbocycles. The van der Waals surface area contributed by atoms with E-state index in [1.807, 2.05) is 54.8 Å². The smallest absolute Gasteiger partial charge is 0.329 e. The average Bonchev–Trinajstić information content (AvgIpc) is 3.02. The van der Waals surface area contributed by atoms with Gasteiger partial charge < -0.3 is 9.80 Å². The van der Waals surface area contributed by atoms with Crippen LogP contribution in [0.2, 0.25) is 0 Å². The minimum absolute atomic E-state index is 0.0341. The summed E-state index contributed by atoms with van der Waals surface area (Å²) in [4.78, 5) is 29.7. The number of imidazole rings is 1. The first-order chi connectivity index (χ1) is 14.5. The second kappa shape index (κ2) is 9.65. The Bertz CT molecular complexity index is 1050. The number of anilines is 1. The van der Waals surface area contributed by atoms with Gasteiger partial charge in [-0.3, -0.25) is 13.9 Å². The summed E-state index contributed by atoms with van der Waals surface area (Å²) >= 11 is 0. The summed E-state index contributed by atoms with van der Waals surface area (Å²) in [5.41, 5.74) is 4.04. The van der Waals surface area contributed by atoms with E-state index in [9.17, 15) is 9.59 Å². The lowest BCUT2D eigenvalue weighted by molar-refractivity contribution is -0.131. The molecule has 3 rings (SSSR count). The zero-order valence-corrected chi connectivity index (χ0v) is 18.5. The van der Waals surface area contributed by atoms with E-state index in [0.717, 1.165) is 28.7 Å². The lowest BCUT2D eigenvalue weighted by atomic mass is 10.2. The van der Waals surface area contributed by atoms with Gasteiger partial charge >= 0.3 is 5.69 Å². The van der Waals surface area contributed by atoms with Crippen LogP contribution in [0.25, 0.3) is 11.0 Å². The number of aryl methyl sites for hydroxylation is 2. The number of rotatable bonds is 9. The molecule has 0 fully saturated rings. The Balaban J connectivity index is 1.72. The summed E-state index contributed by atoms with van der Waals surface area (Å²) < 4.78 is 3.55. The Hall–Kier alpha value is -3.02. The van der Waals surface area contributed by atoms with Crippen molar-refractivity contribution < 1.29 is 4.79 Å². The van der Waals surface area contributed by atoms with Gasteiger partial charge in [0, 0.05) is 52.4 Å². The van der Waals surface area contributed by atoms with Gasteiger partial charge in [0.1, 0.15) is 0 Å². The third-order valence-corrected chi connectivity index (χ3v) is 5.48. The van der Waals surface area contributed by atoms with E-state index < -0.39 is 0 Å². The molecule has 0 saturated heterocycles. The topological polar surface area (TPSA) is 50.5 Å². The molecule has 0 aliphatic heterocycles. The average molecular weight is 409 g/mol. The van der Waals surface area contributed by atoms with Crippen molar-refractivity contribution in [1.82, 2.24) is 14.0 Å². The van der Waals surface area contributed by atoms with Crippen LogP contribution >= 0.6 is 0 Å². The summed E-state index contributed by atoms with van der Waals surface area (Å²) in [6, 6.07) is 16.1. The molecule has 0 aliphatic carbocycles. The molecule has 30 heavy (non-hydrogen) atoms. The van der Waals surface area contributed by atoms with Crippen LogP contribution in [0.1, 0.15) is 32.3 Å². The Labute approximate surface area is 178 Å². The standard InChI is InChI=1S/C24H32N4O2/c1-5-16-27-21-9-7-8-10-22(21)28(24(27)30)17-15-23(29)26(6-2)18-19-11-13-20(14-12-19)25(3)4/h7-14H,5-6,15-18H2,1-4H3. The fourth-order valence-corrected chi connectivity index (χ4v) is 3.79. The van der Waals surface area contributed by atoms with Crippen LogP contribution in [-0.4, -0.2) is 40.6 Å². The van der Waals surface area contributed by atoms with Gasteiger partial charge in [0.2, 0.25) is 5.91 Å². The zero-order chi connectivity index (χ0) is 21.7. The Morgan fingerprint density at radius 3 is 2.03 bits per heavy atom. The highest BCUT2D eigenvalue weighted by atomic mass is 16.2. The highest BCUT2D eigenvalue weighted by molar-refractivity contribution is 5.78. The molecule has 1 heterocycles. The Kier molecular flexibility index (Phi) is 6.98. The predicted octanol–water partition coefficient (Wildman–Crippen LogP) is 3.72. The highest BCUT2D eigenvalue weighted by Gasteiger charge is 2.16. The maximum Gasteiger partial charge on any atom is 0.329 e. The first-order valence-corrected chi connectivity index (χ1v) is 10.7. The maximum atomic E-state index is 12.9. The molecule has 0 spiro atoms. The summed E-state index contributed by atoms with van der Waals surface area (Å²) in [7, 11) is 4.02. The van der Waals surface area contributed by atoms with Gasteiger partial charge in [0.05, 0.1) is 11.0 Å². The Morgan fingerprint density at radius 2 is 1.50 bits per heavy atom. The number of aromatic nitrogens is 2. The fourth-order valence-electron chi connectivity index (χ4n) is 3.79. The molecule has 6 heteroatoms. The minimum atomic E-state index is -0.0341. The first kappa shape index (κ1) is 21.7. The van der Waals surface area contributed by atoms with E-state index >= 15 is 0 Å². The number of benzene rings is 2. The van der Waals surface area contributed by atoms with Crippen molar-refractivity contribution >= 4 is 22.6 Å². The van der Waals surface area contributed by atoms with Gasteiger partial charge in [-0.05, 0) is 43.2 Å². The van der Waals surface area contributed by atoms with Gasteiger partial charge in [-0.2, -0.15) is 0 Å².